The zero-order valence-corrected chi connectivity index (χ0v) is 9.82. The van der Waals surface area contributed by atoms with Crippen LogP contribution in [0.3, 0.4) is 0 Å². The molecule has 88 valence electrons. The number of hydrogen-bond acceptors (Lipinski definition) is 2. The Labute approximate surface area is 106 Å². The Bertz CT molecular complexity index is 243. The first-order valence-corrected chi connectivity index (χ1v) is 5.24. The molecule has 17 heavy (non-hydrogen) atoms. The Morgan fingerprint density at radius 3 is 1.12 bits per heavy atom. The molecule has 2 nitrogen and oxygen atoms in total. The Morgan fingerprint density at radius 1 is 0.706 bits per heavy atom. The lowest BCUT2D eigenvalue weighted by molar-refractivity contribution is -0.135. The van der Waals surface area contributed by atoms with Gasteiger partial charge in [0.05, 0.1) is 6.42 Å². The van der Waals surface area contributed by atoms with Crippen molar-refractivity contribution in [3.8, 4) is 0 Å². The highest BCUT2D eigenvalue weighted by molar-refractivity contribution is 6.04. The van der Waals surface area contributed by atoms with Crippen LogP contribution < -0.4 is 0 Å². The quantitative estimate of drug-likeness (QED) is 0.597. The van der Waals surface area contributed by atoms with Crippen LogP contribution >= 0.6 is 0 Å². The van der Waals surface area contributed by atoms with Crippen LogP contribution in [0.4, 0.5) is 0 Å². The van der Waals surface area contributed by atoms with Crippen molar-refractivity contribution in [2.45, 2.75) is 32.1 Å². The smallest absolute Gasteiger partial charge is 0.146 e. The van der Waals surface area contributed by atoms with E-state index in [2.05, 4.69) is 0 Å². The van der Waals surface area contributed by atoms with Crippen LogP contribution in [0.25, 0.3) is 0 Å². The van der Waals surface area contributed by atoms with Gasteiger partial charge in [0.15, 0.2) is 0 Å². The van der Waals surface area contributed by atoms with Crippen LogP contribution in [0.2, 0.25) is 0 Å². The minimum absolute atomic E-state index is 0.140. The largest absolute Gasteiger partial charge is 0.299 e. The van der Waals surface area contributed by atoms with Gasteiger partial charge >= 0.3 is 0 Å². The van der Waals surface area contributed by atoms with E-state index in [0.29, 0.717) is 0 Å². The second-order valence-electron chi connectivity index (χ2n) is 4.15. The van der Waals surface area contributed by atoms with Crippen LogP contribution in [0.15, 0.2) is 0 Å². The molecule has 0 saturated carbocycles. The first-order valence-electron chi connectivity index (χ1n) is 5.24. The lowest BCUT2D eigenvalue weighted by Gasteiger charge is -2.28. The van der Waals surface area contributed by atoms with E-state index in [-0.39, 0.29) is 25.7 Å². The Hall–Kier alpha value is -0.660. The maximum absolute atomic E-state index is 11.8. The Kier molecular flexibility index (Phi) is 6.08. The molecule has 12 radical (unpaired) electrons. The number of Topliss-reactive ketones (excluding diaryl/α,β-unsaturated/α-hetero) is 2. The van der Waals surface area contributed by atoms with Gasteiger partial charge in [0, 0.05) is 10.8 Å². The maximum atomic E-state index is 11.8. The van der Waals surface area contributed by atoms with Gasteiger partial charge in [-0.2, -0.15) is 0 Å². The van der Waals surface area contributed by atoms with Crippen molar-refractivity contribution in [2.75, 3.05) is 0 Å². The minimum Gasteiger partial charge on any atom is -0.299 e. The van der Waals surface area contributed by atoms with Crippen molar-refractivity contribution in [3.63, 3.8) is 0 Å². The summed E-state index contributed by atoms with van der Waals surface area (Å²) in [5.41, 5.74) is -2.81. The van der Waals surface area contributed by atoms with E-state index in [9.17, 15) is 9.59 Å². The van der Waals surface area contributed by atoms with E-state index in [1.807, 2.05) is 0 Å². The number of ketones is 2. The first kappa shape index (κ1) is 16.3. The lowest BCUT2D eigenvalue weighted by atomic mass is 9.73. The molecular weight excluding hydrogens is 212 g/mol. The molecule has 0 unspecified atom stereocenters. The standard InChI is InChI=1S/C15H16O2/c1-7-14(5,8-2)12(16)11-13(17)15(6,9-3)10-4/h1-6H,7-11H2. The maximum Gasteiger partial charge on any atom is 0.146 e. The zero-order chi connectivity index (χ0) is 13.7. The topological polar surface area (TPSA) is 34.1 Å². The van der Waals surface area contributed by atoms with Gasteiger partial charge in [-0.15, -0.1) is 0 Å². The molecular formula is C15H16O2. The predicted molar refractivity (Wildman–Crippen MR) is 63.8 cm³/mol. The van der Waals surface area contributed by atoms with Gasteiger partial charge in [0.25, 0.3) is 0 Å². The van der Waals surface area contributed by atoms with E-state index >= 15 is 0 Å². The highest BCUT2D eigenvalue weighted by Gasteiger charge is 2.36. The molecule has 0 rings (SSSR count). The van der Waals surface area contributed by atoms with Crippen LogP contribution in [0.1, 0.15) is 32.1 Å². The molecule has 0 aliphatic heterocycles. The molecule has 0 aromatic carbocycles. The van der Waals surface area contributed by atoms with Crippen LogP contribution in [-0.2, 0) is 9.59 Å². The van der Waals surface area contributed by atoms with Crippen molar-refractivity contribution >= 4 is 11.6 Å². The van der Waals surface area contributed by atoms with Gasteiger partial charge in [-0.05, 0) is 67.2 Å². The van der Waals surface area contributed by atoms with Gasteiger partial charge < -0.3 is 0 Å². The molecule has 0 amide bonds. The number of rotatable bonds is 8. The summed E-state index contributed by atoms with van der Waals surface area (Å²) >= 11 is 0. The molecule has 0 aliphatic rings. The summed E-state index contributed by atoms with van der Waals surface area (Å²) in [5, 5.41) is 0. The van der Waals surface area contributed by atoms with Crippen molar-refractivity contribution in [1.82, 2.24) is 0 Å². The monoisotopic (exact) mass is 228 g/mol. The fourth-order valence-corrected chi connectivity index (χ4v) is 1.12. The van der Waals surface area contributed by atoms with Crippen LogP contribution in [-0.4, -0.2) is 11.6 Å². The molecule has 0 bridgehead atoms. The molecule has 0 spiro atoms. The summed E-state index contributed by atoms with van der Waals surface area (Å²) in [6.45, 7) is 32.7. The summed E-state index contributed by atoms with van der Waals surface area (Å²) in [5.74, 6) is -1.10. The number of carbonyl (C=O) groups excluding carboxylic acids is 2. The van der Waals surface area contributed by atoms with E-state index in [0.717, 1.165) is 0 Å². The molecule has 0 atom stereocenters. The van der Waals surface area contributed by atoms with E-state index in [1.54, 1.807) is 0 Å². The Balaban J connectivity index is 4.76. The molecule has 2 heteroatoms. The van der Waals surface area contributed by atoms with E-state index in [4.69, 9.17) is 41.5 Å². The summed E-state index contributed by atoms with van der Waals surface area (Å²) < 4.78 is 0. The van der Waals surface area contributed by atoms with Gasteiger partial charge in [0.1, 0.15) is 11.6 Å². The first-order chi connectivity index (χ1) is 7.79. The molecule has 0 N–H and O–H groups in total. The average molecular weight is 228 g/mol. The summed E-state index contributed by atoms with van der Waals surface area (Å²) in [7, 11) is 0. The minimum atomic E-state index is -1.40. The predicted octanol–water partition coefficient (Wildman–Crippen LogP) is 2.31. The summed E-state index contributed by atoms with van der Waals surface area (Å²) in [6.07, 6.45) is -1.02. The van der Waals surface area contributed by atoms with Crippen molar-refractivity contribution in [3.05, 3.63) is 41.5 Å². The van der Waals surface area contributed by atoms with Gasteiger partial charge in [0.2, 0.25) is 0 Å². The molecule has 0 aromatic heterocycles. The molecule has 0 heterocycles. The van der Waals surface area contributed by atoms with Crippen molar-refractivity contribution < 1.29 is 9.59 Å². The molecule has 0 aliphatic carbocycles. The number of hydrogen-bond donors (Lipinski definition) is 0. The zero-order valence-electron chi connectivity index (χ0n) is 9.82. The second-order valence-corrected chi connectivity index (χ2v) is 4.15. The fourth-order valence-electron chi connectivity index (χ4n) is 1.12. The van der Waals surface area contributed by atoms with Crippen molar-refractivity contribution in [1.29, 1.82) is 0 Å². The Morgan fingerprint density at radius 2 is 0.941 bits per heavy atom. The third-order valence-electron chi connectivity index (χ3n) is 2.89. The second kappa shape index (κ2) is 6.32. The fraction of sp³-hybridized carbons (Fsp3) is 0.467. The highest BCUT2D eigenvalue weighted by Crippen LogP contribution is 2.32. The van der Waals surface area contributed by atoms with Gasteiger partial charge in [-0.25, -0.2) is 0 Å². The van der Waals surface area contributed by atoms with Crippen molar-refractivity contribution in [2.24, 2.45) is 10.8 Å². The van der Waals surface area contributed by atoms with Crippen LogP contribution in [0.5, 0.6) is 0 Å². The van der Waals surface area contributed by atoms with E-state index in [1.165, 1.54) is 0 Å². The van der Waals surface area contributed by atoms with E-state index < -0.39 is 28.8 Å². The number of carbonyl (C=O) groups is 2. The highest BCUT2D eigenvalue weighted by atomic mass is 16.2. The van der Waals surface area contributed by atoms with Crippen LogP contribution in [0, 0.1) is 52.4 Å². The SMILES string of the molecule is [CH]CC([CH])(C[CH])C(=O)CC(=O)C([CH])(C[CH])C[CH]. The van der Waals surface area contributed by atoms with Gasteiger partial charge in [-0.3, -0.25) is 9.59 Å². The molecule has 0 fully saturated rings. The third-order valence-corrected chi connectivity index (χ3v) is 2.89. The molecule has 0 saturated heterocycles. The summed E-state index contributed by atoms with van der Waals surface area (Å²) in [4.78, 5) is 23.5. The molecule has 0 aromatic rings. The normalized spacial score (nSPS) is 12.6. The average Bonchev–Trinajstić information content (AvgIpc) is 2.36. The lowest BCUT2D eigenvalue weighted by Crippen LogP contribution is -2.34. The summed E-state index contributed by atoms with van der Waals surface area (Å²) in [6, 6.07) is 0. The van der Waals surface area contributed by atoms with Gasteiger partial charge in [-0.1, -0.05) is 0 Å². The third kappa shape index (κ3) is 3.65.